The topological polar surface area (TPSA) is 35.5 Å². The van der Waals surface area contributed by atoms with Crippen LogP contribution in [0.2, 0.25) is 0 Å². The molecule has 2 N–H and O–H groups in total. The molecule has 1 atom stereocenters. The van der Waals surface area contributed by atoms with Gasteiger partial charge in [-0.15, -0.1) is 0 Å². The summed E-state index contributed by atoms with van der Waals surface area (Å²) in [4.78, 5) is 1.85. The molecule has 0 spiro atoms. The summed E-state index contributed by atoms with van der Waals surface area (Å²) in [5, 5.41) is 12.7. The van der Waals surface area contributed by atoms with Gasteiger partial charge in [0.25, 0.3) is 0 Å². The number of nitrogens with zero attached hydrogens (tertiary/aromatic N) is 1. The minimum absolute atomic E-state index is 0.255. The Morgan fingerprint density at radius 1 is 1.50 bits per heavy atom. The van der Waals surface area contributed by atoms with E-state index in [1.165, 1.54) is 12.1 Å². The zero-order valence-electron chi connectivity index (χ0n) is 9.78. The van der Waals surface area contributed by atoms with Gasteiger partial charge in [0.15, 0.2) is 0 Å². The second kappa shape index (κ2) is 6.45. The lowest BCUT2D eigenvalue weighted by molar-refractivity contribution is 0.171. The Bertz CT molecular complexity index is 320. The predicted octanol–water partition coefficient (Wildman–Crippen LogP) is 1.23. The van der Waals surface area contributed by atoms with Crippen molar-refractivity contribution < 1.29 is 9.50 Å². The molecule has 0 radical (unpaired) electrons. The second-order valence-corrected chi connectivity index (χ2v) is 3.91. The van der Waals surface area contributed by atoms with Gasteiger partial charge in [0, 0.05) is 19.3 Å². The van der Waals surface area contributed by atoms with Crippen LogP contribution in [0.25, 0.3) is 0 Å². The molecule has 1 rings (SSSR count). The molecule has 16 heavy (non-hydrogen) atoms. The van der Waals surface area contributed by atoms with Crippen molar-refractivity contribution in [2.24, 2.45) is 0 Å². The third-order valence-corrected chi connectivity index (χ3v) is 2.46. The van der Waals surface area contributed by atoms with Crippen LogP contribution >= 0.6 is 0 Å². The number of anilines is 1. The first-order valence-electron chi connectivity index (χ1n) is 5.43. The van der Waals surface area contributed by atoms with Crippen LogP contribution < -0.4 is 10.2 Å². The predicted molar refractivity (Wildman–Crippen MR) is 64.2 cm³/mol. The van der Waals surface area contributed by atoms with Crippen molar-refractivity contribution >= 4 is 5.69 Å². The third kappa shape index (κ3) is 4.16. The molecular formula is C12H19FN2O. The average Bonchev–Trinajstić information content (AvgIpc) is 2.26. The number of hydrogen-bond donors (Lipinski definition) is 2. The molecule has 0 aromatic heterocycles. The van der Waals surface area contributed by atoms with E-state index in [2.05, 4.69) is 5.32 Å². The standard InChI is InChI=1S/C12H19FN2O/c1-14-7-6-12(16)9-15(2)11-5-3-4-10(13)8-11/h3-5,8,12,14,16H,6-7,9H2,1-2H3. The summed E-state index contributed by atoms with van der Waals surface area (Å²) in [6, 6.07) is 6.37. The van der Waals surface area contributed by atoms with Crippen LogP contribution in [-0.2, 0) is 0 Å². The summed E-state index contributed by atoms with van der Waals surface area (Å²) >= 11 is 0. The maximum atomic E-state index is 13.0. The van der Waals surface area contributed by atoms with E-state index in [1.807, 2.05) is 25.1 Å². The SMILES string of the molecule is CNCCC(O)CN(C)c1cccc(F)c1. The third-order valence-electron chi connectivity index (χ3n) is 2.46. The zero-order chi connectivity index (χ0) is 12.0. The number of likely N-dealkylation sites (N-methyl/N-ethyl adjacent to an activating group) is 1. The van der Waals surface area contributed by atoms with Crippen LogP contribution in [-0.4, -0.2) is 38.4 Å². The highest BCUT2D eigenvalue weighted by molar-refractivity contribution is 5.45. The van der Waals surface area contributed by atoms with Gasteiger partial charge in [-0.3, -0.25) is 0 Å². The van der Waals surface area contributed by atoms with E-state index in [-0.39, 0.29) is 5.82 Å². The second-order valence-electron chi connectivity index (χ2n) is 3.91. The lowest BCUT2D eigenvalue weighted by Crippen LogP contribution is -2.31. The molecule has 0 aliphatic heterocycles. The Morgan fingerprint density at radius 3 is 2.88 bits per heavy atom. The maximum Gasteiger partial charge on any atom is 0.125 e. The van der Waals surface area contributed by atoms with Gasteiger partial charge in [0.1, 0.15) is 5.82 Å². The first-order valence-corrected chi connectivity index (χ1v) is 5.43. The molecule has 0 bridgehead atoms. The zero-order valence-corrected chi connectivity index (χ0v) is 9.78. The molecule has 0 heterocycles. The fourth-order valence-corrected chi connectivity index (χ4v) is 1.54. The minimum atomic E-state index is -0.402. The number of aliphatic hydroxyl groups is 1. The van der Waals surface area contributed by atoms with E-state index in [9.17, 15) is 9.50 Å². The summed E-state index contributed by atoms with van der Waals surface area (Å²) < 4.78 is 13.0. The lowest BCUT2D eigenvalue weighted by atomic mass is 10.2. The van der Waals surface area contributed by atoms with E-state index < -0.39 is 6.10 Å². The van der Waals surface area contributed by atoms with Crippen molar-refractivity contribution in [3.63, 3.8) is 0 Å². The van der Waals surface area contributed by atoms with Gasteiger partial charge >= 0.3 is 0 Å². The number of benzene rings is 1. The number of aliphatic hydroxyl groups excluding tert-OH is 1. The van der Waals surface area contributed by atoms with E-state index in [4.69, 9.17) is 0 Å². The minimum Gasteiger partial charge on any atom is -0.391 e. The Kier molecular flexibility index (Phi) is 5.22. The van der Waals surface area contributed by atoms with Crippen LogP contribution in [0.15, 0.2) is 24.3 Å². The van der Waals surface area contributed by atoms with Gasteiger partial charge in [-0.05, 0) is 38.2 Å². The van der Waals surface area contributed by atoms with Crippen molar-refractivity contribution in [1.29, 1.82) is 0 Å². The molecule has 0 fully saturated rings. The molecule has 1 unspecified atom stereocenters. The molecule has 0 saturated carbocycles. The maximum absolute atomic E-state index is 13.0. The molecule has 0 aliphatic carbocycles. The van der Waals surface area contributed by atoms with Crippen LogP contribution in [0, 0.1) is 5.82 Å². The molecule has 4 heteroatoms. The Morgan fingerprint density at radius 2 is 2.25 bits per heavy atom. The summed E-state index contributed by atoms with van der Waals surface area (Å²) in [5.74, 6) is -0.255. The number of halogens is 1. The van der Waals surface area contributed by atoms with Crippen molar-refractivity contribution in [2.75, 3.05) is 32.1 Å². The van der Waals surface area contributed by atoms with Gasteiger partial charge in [-0.2, -0.15) is 0 Å². The van der Waals surface area contributed by atoms with E-state index in [0.29, 0.717) is 13.0 Å². The highest BCUT2D eigenvalue weighted by Gasteiger charge is 2.08. The van der Waals surface area contributed by atoms with Gasteiger partial charge in [0.2, 0.25) is 0 Å². The van der Waals surface area contributed by atoms with Crippen molar-refractivity contribution in [3.8, 4) is 0 Å². The number of nitrogens with one attached hydrogen (secondary N) is 1. The van der Waals surface area contributed by atoms with Crippen LogP contribution in [0.4, 0.5) is 10.1 Å². The van der Waals surface area contributed by atoms with Crippen LogP contribution in [0.3, 0.4) is 0 Å². The molecule has 3 nitrogen and oxygen atoms in total. The quantitative estimate of drug-likeness (QED) is 0.766. The average molecular weight is 226 g/mol. The van der Waals surface area contributed by atoms with E-state index in [1.54, 1.807) is 6.07 Å². The van der Waals surface area contributed by atoms with Gasteiger partial charge in [0.05, 0.1) is 6.10 Å². The summed E-state index contributed by atoms with van der Waals surface area (Å²) in [5.41, 5.74) is 0.781. The Labute approximate surface area is 95.9 Å². The van der Waals surface area contributed by atoms with Gasteiger partial charge in [-0.25, -0.2) is 4.39 Å². The largest absolute Gasteiger partial charge is 0.391 e. The fraction of sp³-hybridized carbons (Fsp3) is 0.500. The first-order chi connectivity index (χ1) is 7.63. The highest BCUT2D eigenvalue weighted by Crippen LogP contribution is 2.14. The lowest BCUT2D eigenvalue weighted by Gasteiger charge is -2.22. The van der Waals surface area contributed by atoms with Crippen molar-refractivity contribution in [1.82, 2.24) is 5.32 Å². The molecule has 90 valence electrons. The summed E-state index contributed by atoms with van der Waals surface area (Å²) in [7, 11) is 3.69. The molecule has 1 aromatic carbocycles. The fourth-order valence-electron chi connectivity index (χ4n) is 1.54. The molecule has 0 amide bonds. The van der Waals surface area contributed by atoms with Crippen LogP contribution in [0.1, 0.15) is 6.42 Å². The molecular weight excluding hydrogens is 207 g/mol. The Balaban J connectivity index is 2.48. The summed E-state index contributed by atoms with van der Waals surface area (Å²) in [6.45, 7) is 1.28. The number of rotatable bonds is 6. The van der Waals surface area contributed by atoms with Crippen LogP contribution in [0.5, 0.6) is 0 Å². The monoisotopic (exact) mass is 226 g/mol. The van der Waals surface area contributed by atoms with E-state index in [0.717, 1.165) is 12.2 Å². The first kappa shape index (κ1) is 12.9. The molecule has 0 saturated heterocycles. The molecule has 1 aromatic rings. The summed E-state index contributed by atoms with van der Waals surface area (Å²) in [6.07, 6.45) is 0.289. The van der Waals surface area contributed by atoms with E-state index >= 15 is 0 Å². The van der Waals surface area contributed by atoms with Crippen molar-refractivity contribution in [3.05, 3.63) is 30.1 Å². The number of hydrogen-bond acceptors (Lipinski definition) is 3. The van der Waals surface area contributed by atoms with Gasteiger partial charge < -0.3 is 15.3 Å². The smallest absolute Gasteiger partial charge is 0.125 e. The highest BCUT2D eigenvalue weighted by atomic mass is 19.1. The Hall–Kier alpha value is -1.13. The van der Waals surface area contributed by atoms with Crippen molar-refractivity contribution in [2.45, 2.75) is 12.5 Å². The van der Waals surface area contributed by atoms with Gasteiger partial charge in [-0.1, -0.05) is 6.07 Å². The normalized spacial score (nSPS) is 12.5. The molecule has 0 aliphatic rings.